The molecule has 1 atom stereocenters. The molecular weight excluding hydrogens is 491 g/mol. The van der Waals surface area contributed by atoms with Gasteiger partial charge < -0.3 is 10.1 Å². The number of methoxy groups -OCH3 is 1. The van der Waals surface area contributed by atoms with E-state index in [0.717, 1.165) is 19.3 Å². The first-order valence-electron chi connectivity index (χ1n) is 9.11. The predicted octanol–water partition coefficient (Wildman–Crippen LogP) is 4.12. The van der Waals surface area contributed by atoms with E-state index < -0.39 is 10.0 Å². The average molecular weight is 514 g/mol. The average Bonchev–Trinajstić information content (AvgIpc) is 2.69. The Bertz CT molecular complexity index is 964. The highest BCUT2D eigenvalue weighted by Gasteiger charge is 2.33. The summed E-state index contributed by atoms with van der Waals surface area (Å²) in [5, 5.41) is 2.81. The zero-order chi connectivity index (χ0) is 20.3. The lowest BCUT2D eigenvalue weighted by molar-refractivity contribution is 0.102. The smallest absolute Gasteiger partial charge is 0.255 e. The summed E-state index contributed by atoms with van der Waals surface area (Å²) in [5.41, 5.74) is 0.949. The van der Waals surface area contributed by atoms with Crippen molar-refractivity contribution in [3.05, 3.63) is 51.6 Å². The molecule has 0 radical (unpaired) electrons. The minimum absolute atomic E-state index is 0.0296. The fraction of sp³-hybridized carbons (Fsp3) is 0.350. The number of piperidine rings is 1. The Balaban J connectivity index is 1.95. The van der Waals surface area contributed by atoms with Gasteiger partial charge >= 0.3 is 0 Å². The van der Waals surface area contributed by atoms with Gasteiger partial charge in [0.25, 0.3) is 5.91 Å². The number of amides is 1. The van der Waals surface area contributed by atoms with Crippen LogP contribution in [0.5, 0.6) is 5.75 Å². The molecule has 3 rings (SSSR count). The lowest BCUT2D eigenvalue weighted by Gasteiger charge is -2.32. The van der Waals surface area contributed by atoms with Crippen molar-refractivity contribution in [1.82, 2.24) is 4.31 Å². The van der Waals surface area contributed by atoms with Gasteiger partial charge in [0.1, 0.15) is 0 Å². The Labute approximate surface area is 179 Å². The lowest BCUT2D eigenvalue weighted by Crippen LogP contribution is -2.42. The minimum atomic E-state index is -3.64. The van der Waals surface area contributed by atoms with E-state index in [-0.39, 0.29) is 16.8 Å². The van der Waals surface area contributed by atoms with Crippen LogP contribution in [0.3, 0.4) is 0 Å². The van der Waals surface area contributed by atoms with Crippen LogP contribution in [0.25, 0.3) is 0 Å². The fourth-order valence-corrected chi connectivity index (χ4v) is 6.66. The number of halogens is 1. The van der Waals surface area contributed by atoms with Gasteiger partial charge in [-0.3, -0.25) is 4.79 Å². The van der Waals surface area contributed by atoms with Gasteiger partial charge in [0, 0.05) is 18.2 Å². The van der Waals surface area contributed by atoms with Crippen molar-refractivity contribution in [3.63, 3.8) is 0 Å². The minimum Gasteiger partial charge on any atom is -0.493 e. The summed E-state index contributed by atoms with van der Waals surface area (Å²) in [7, 11) is -2.17. The molecular formula is C20H23IN2O4S. The van der Waals surface area contributed by atoms with Crippen LogP contribution in [0.1, 0.15) is 36.5 Å². The monoisotopic (exact) mass is 514 g/mol. The number of rotatable bonds is 5. The Morgan fingerprint density at radius 2 is 1.89 bits per heavy atom. The molecule has 1 unspecified atom stereocenters. The summed E-state index contributed by atoms with van der Waals surface area (Å²) in [6.07, 6.45) is 2.76. The summed E-state index contributed by atoms with van der Waals surface area (Å²) in [6.45, 7) is 2.46. The Morgan fingerprint density at radius 3 is 2.54 bits per heavy atom. The third-order valence-corrected chi connectivity index (χ3v) is 8.37. The molecule has 8 heteroatoms. The zero-order valence-corrected chi connectivity index (χ0v) is 18.8. The van der Waals surface area contributed by atoms with Gasteiger partial charge in [0.15, 0.2) is 5.75 Å². The normalized spacial score (nSPS) is 17.9. The number of anilines is 1. The standard InChI is InChI=1S/C20H23IN2O4S/c1-14-8-6-7-13-23(14)28(25,26)17-12-11-16(19(27-2)18(17)21)22-20(24)15-9-4-3-5-10-15/h3-5,9-12,14H,6-8,13H2,1-2H3,(H,22,24). The van der Waals surface area contributed by atoms with Crippen molar-refractivity contribution >= 4 is 44.2 Å². The van der Waals surface area contributed by atoms with Gasteiger partial charge in [-0.1, -0.05) is 24.6 Å². The first-order valence-corrected chi connectivity index (χ1v) is 11.6. The Hall–Kier alpha value is -1.65. The van der Waals surface area contributed by atoms with Gasteiger partial charge in [-0.15, -0.1) is 0 Å². The quantitative estimate of drug-likeness (QED) is 0.610. The Kier molecular flexibility index (Phi) is 6.61. The number of carbonyl (C=O) groups excluding carboxylic acids is 1. The largest absolute Gasteiger partial charge is 0.493 e. The molecule has 2 aromatic carbocycles. The number of nitrogens with zero attached hydrogens (tertiary/aromatic N) is 1. The van der Waals surface area contributed by atoms with Crippen LogP contribution in [0.2, 0.25) is 0 Å². The van der Waals surface area contributed by atoms with Crippen molar-refractivity contribution in [2.75, 3.05) is 19.0 Å². The van der Waals surface area contributed by atoms with Crippen LogP contribution in [-0.4, -0.2) is 38.3 Å². The molecule has 0 spiro atoms. The van der Waals surface area contributed by atoms with Gasteiger partial charge in [0.2, 0.25) is 10.0 Å². The molecule has 1 fully saturated rings. The molecule has 2 aromatic rings. The summed E-state index contributed by atoms with van der Waals surface area (Å²) in [5.74, 6) is 0.0607. The van der Waals surface area contributed by atoms with E-state index in [1.807, 2.05) is 35.6 Å². The molecule has 28 heavy (non-hydrogen) atoms. The van der Waals surface area contributed by atoms with Gasteiger partial charge in [-0.2, -0.15) is 4.31 Å². The third kappa shape index (κ3) is 4.18. The summed E-state index contributed by atoms with van der Waals surface area (Å²) in [4.78, 5) is 12.7. The molecule has 1 aliphatic heterocycles. The third-order valence-electron chi connectivity index (χ3n) is 4.88. The second kappa shape index (κ2) is 8.79. The summed E-state index contributed by atoms with van der Waals surface area (Å²) < 4.78 is 33.9. The molecule has 0 bridgehead atoms. The maximum absolute atomic E-state index is 13.2. The topological polar surface area (TPSA) is 75.7 Å². The van der Waals surface area contributed by atoms with E-state index in [0.29, 0.717) is 27.1 Å². The molecule has 1 aliphatic rings. The summed E-state index contributed by atoms with van der Waals surface area (Å²) in [6, 6.07) is 11.9. The second-order valence-electron chi connectivity index (χ2n) is 6.74. The van der Waals surface area contributed by atoms with Crippen LogP contribution in [0.15, 0.2) is 47.4 Å². The zero-order valence-electron chi connectivity index (χ0n) is 15.8. The van der Waals surface area contributed by atoms with Gasteiger partial charge in [0.05, 0.1) is 21.3 Å². The van der Waals surface area contributed by atoms with Crippen LogP contribution < -0.4 is 10.1 Å². The van der Waals surface area contributed by atoms with E-state index in [9.17, 15) is 13.2 Å². The van der Waals surface area contributed by atoms with Crippen LogP contribution in [0, 0.1) is 3.57 Å². The number of hydrogen-bond acceptors (Lipinski definition) is 4. The second-order valence-corrected chi connectivity index (χ2v) is 9.68. The predicted molar refractivity (Wildman–Crippen MR) is 117 cm³/mol. The number of sulfonamides is 1. The maximum atomic E-state index is 13.2. The fourth-order valence-electron chi connectivity index (χ4n) is 3.37. The van der Waals surface area contributed by atoms with E-state index >= 15 is 0 Å². The lowest BCUT2D eigenvalue weighted by atomic mass is 10.1. The molecule has 0 aromatic heterocycles. The van der Waals surface area contributed by atoms with Crippen molar-refractivity contribution < 1.29 is 17.9 Å². The highest BCUT2D eigenvalue weighted by Crippen LogP contribution is 2.37. The summed E-state index contributed by atoms with van der Waals surface area (Å²) >= 11 is 1.97. The van der Waals surface area contributed by atoms with E-state index in [1.165, 1.54) is 7.11 Å². The van der Waals surface area contributed by atoms with E-state index in [2.05, 4.69) is 5.32 Å². The van der Waals surface area contributed by atoms with Gasteiger partial charge in [-0.25, -0.2) is 8.42 Å². The number of benzene rings is 2. The molecule has 150 valence electrons. The molecule has 1 N–H and O–H groups in total. The number of carbonyl (C=O) groups is 1. The number of nitrogens with one attached hydrogen (secondary N) is 1. The van der Waals surface area contributed by atoms with Crippen molar-refractivity contribution in [2.24, 2.45) is 0 Å². The first kappa shape index (κ1) is 21.1. The van der Waals surface area contributed by atoms with Crippen LogP contribution >= 0.6 is 22.6 Å². The maximum Gasteiger partial charge on any atom is 0.255 e. The van der Waals surface area contributed by atoms with E-state index in [1.54, 1.807) is 40.7 Å². The highest BCUT2D eigenvalue weighted by atomic mass is 127. The molecule has 1 saturated heterocycles. The molecule has 1 amide bonds. The van der Waals surface area contributed by atoms with Crippen molar-refractivity contribution in [1.29, 1.82) is 0 Å². The highest BCUT2D eigenvalue weighted by molar-refractivity contribution is 14.1. The molecule has 0 saturated carbocycles. The van der Waals surface area contributed by atoms with Crippen molar-refractivity contribution in [2.45, 2.75) is 37.1 Å². The van der Waals surface area contributed by atoms with Gasteiger partial charge in [-0.05, 0) is 66.6 Å². The number of hydrogen-bond donors (Lipinski definition) is 1. The number of ether oxygens (including phenoxy) is 1. The van der Waals surface area contributed by atoms with Crippen LogP contribution in [-0.2, 0) is 10.0 Å². The molecule has 1 heterocycles. The van der Waals surface area contributed by atoms with E-state index in [4.69, 9.17) is 4.74 Å². The van der Waals surface area contributed by atoms with Crippen LogP contribution in [0.4, 0.5) is 5.69 Å². The SMILES string of the molecule is COc1c(NC(=O)c2ccccc2)ccc(S(=O)(=O)N2CCCCC2C)c1I. The van der Waals surface area contributed by atoms with Crippen molar-refractivity contribution in [3.8, 4) is 5.75 Å². The molecule has 6 nitrogen and oxygen atoms in total. The first-order chi connectivity index (χ1) is 13.4. The Morgan fingerprint density at radius 1 is 1.18 bits per heavy atom. The molecule has 0 aliphatic carbocycles.